The van der Waals surface area contributed by atoms with Crippen molar-refractivity contribution >= 4 is 49.0 Å². The number of para-hydroxylation sites is 4. The number of hydrogen-bond acceptors (Lipinski definition) is 12. The Labute approximate surface area is 318 Å². The van der Waals surface area contributed by atoms with Crippen LogP contribution in [0.25, 0.3) is 0 Å². The van der Waals surface area contributed by atoms with Gasteiger partial charge in [0.2, 0.25) is 0 Å². The standard InChI is InChI=1S/2C22H14O6/c2*23-13-15-7-1-5-11-19(15)27-21(25)17-9-3-4-10-18(17)22(26)28-20-12-6-2-8-16(20)14-24/h2*1-14H. The number of ether oxygens (including phenoxy) is 4. The third-order valence-electron chi connectivity index (χ3n) is 7.73. The highest BCUT2D eigenvalue weighted by molar-refractivity contribution is 6.06. The van der Waals surface area contributed by atoms with Gasteiger partial charge in [0, 0.05) is 0 Å². The van der Waals surface area contributed by atoms with Gasteiger partial charge in [-0.25, -0.2) is 19.2 Å². The molecule has 0 saturated heterocycles. The highest BCUT2D eigenvalue weighted by Gasteiger charge is 2.23. The summed E-state index contributed by atoms with van der Waals surface area (Å²) in [6.45, 7) is 0. The molecule has 0 radical (unpaired) electrons. The average molecular weight is 749 g/mol. The van der Waals surface area contributed by atoms with Crippen LogP contribution in [0.4, 0.5) is 0 Å². The van der Waals surface area contributed by atoms with Crippen molar-refractivity contribution in [2.24, 2.45) is 0 Å². The molecule has 0 aromatic heterocycles. The van der Waals surface area contributed by atoms with Crippen LogP contribution >= 0.6 is 0 Å². The summed E-state index contributed by atoms with van der Waals surface area (Å²) in [7, 11) is 0. The van der Waals surface area contributed by atoms with E-state index in [0.717, 1.165) is 0 Å². The quantitative estimate of drug-likeness (QED) is 0.0686. The van der Waals surface area contributed by atoms with E-state index in [-0.39, 0.29) is 67.5 Å². The monoisotopic (exact) mass is 748 g/mol. The Hall–Kier alpha value is -8.12. The highest BCUT2D eigenvalue weighted by Crippen LogP contribution is 2.24. The van der Waals surface area contributed by atoms with Crippen LogP contribution in [0.15, 0.2) is 146 Å². The third-order valence-corrected chi connectivity index (χ3v) is 7.73. The lowest BCUT2D eigenvalue weighted by atomic mass is 10.1. The molecular formula is C44H28O12. The largest absolute Gasteiger partial charge is 0.422 e. The summed E-state index contributed by atoms with van der Waals surface area (Å²) in [5.41, 5.74) is 0.695. The molecule has 6 aromatic carbocycles. The minimum absolute atomic E-state index is 0.0308. The van der Waals surface area contributed by atoms with E-state index in [1.807, 2.05) is 0 Å². The van der Waals surface area contributed by atoms with Crippen molar-refractivity contribution in [3.63, 3.8) is 0 Å². The maximum absolute atomic E-state index is 12.6. The van der Waals surface area contributed by atoms with Gasteiger partial charge in [-0.1, -0.05) is 72.8 Å². The van der Waals surface area contributed by atoms with Crippen LogP contribution in [0.3, 0.4) is 0 Å². The van der Waals surface area contributed by atoms with Crippen molar-refractivity contribution in [3.8, 4) is 23.0 Å². The fraction of sp³-hybridized carbons (Fsp3) is 0. The summed E-state index contributed by atoms with van der Waals surface area (Å²) in [5.74, 6) is -2.94. The molecule has 12 heteroatoms. The zero-order valence-electron chi connectivity index (χ0n) is 29.1. The Morgan fingerprint density at radius 1 is 0.286 bits per heavy atom. The second-order valence-corrected chi connectivity index (χ2v) is 11.3. The van der Waals surface area contributed by atoms with Crippen LogP contribution in [-0.4, -0.2) is 49.0 Å². The van der Waals surface area contributed by atoms with Gasteiger partial charge in [-0.2, -0.15) is 0 Å². The molecule has 0 aliphatic heterocycles. The number of carbonyl (C=O) groups excluding carboxylic acids is 8. The fourth-order valence-corrected chi connectivity index (χ4v) is 4.98. The summed E-state index contributed by atoms with van der Waals surface area (Å²) in [5, 5.41) is 0. The van der Waals surface area contributed by atoms with E-state index >= 15 is 0 Å². The SMILES string of the molecule is O=Cc1ccccc1OC(=O)c1ccccc1C(=O)Oc1ccccc1C=O.O=Cc1ccccc1OC(=O)c1ccccc1C(=O)Oc1ccccc1C=O. The third kappa shape index (κ3) is 9.65. The molecule has 6 rings (SSSR count). The minimum atomic E-state index is -0.814. The van der Waals surface area contributed by atoms with Crippen molar-refractivity contribution in [3.05, 3.63) is 190 Å². The molecular weight excluding hydrogens is 720 g/mol. The van der Waals surface area contributed by atoms with Gasteiger partial charge < -0.3 is 18.9 Å². The van der Waals surface area contributed by atoms with Crippen molar-refractivity contribution in [2.45, 2.75) is 0 Å². The predicted molar refractivity (Wildman–Crippen MR) is 200 cm³/mol. The second kappa shape index (κ2) is 19.1. The molecule has 0 bridgehead atoms. The Kier molecular flexibility index (Phi) is 13.3. The molecule has 0 atom stereocenters. The maximum atomic E-state index is 12.6. The van der Waals surface area contributed by atoms with E-state index in [9.17, 15) is 38.4 Å². The van der Waals surface area contributed by atoms with E-state index in [1.165, 1.54) is 72.8 Å². The summed E-state index contributed by atoms with van der Waals surface area (Å²) >= 11 is 0. The molecule has 276 valence electrons. The fourth-order valence-electron chi connectivity index (χ4n) is 4.98. The molecule has 0 unspecified atom stereocenters. The van der Waals surface area contributed by atoms with Crippen molar-refractivity contribution in [1.82, 2.24) is 0 Å². The van der Waals surface area contributed by atoms with Crippen LogP contribution in [0, 0.1) is 0 Å². The number of hydrogen-bond donors (Lipinski definition) is 0. The van der Waals surface area contributed by atoms with Crippen molar-refractivity contribution < 1.29 is 57.3 Å². The van der Waals surface area contributed by atoms with Crippen LogP contribution < -0.4 is 18.9 Å². The summed E-state index contributed by atoms with van der Waals surface area (Å²) in [4.78, 5) is 94.7. The summed E-state index contributed by atoms with van der Waals surface area (Å²) in [6, 6.07) is 36.9. The molecule has 56 heavy (non-hydrogen) atoms. The van der Waals surface area contributed by atoms with Gasteiger partial charge in [0.05, 0.1) is 44.5 Å². The van der Waals surface area contributed by atoms with E-state index in [1.54, 1.807) is 72.8 Å². The number of rotatable bonds is 12. The lowest BCUT2D eigenvalue weighted by Crippen LogP contribution is -2.18. The van der Waals surface area contributed by atoms with Crippen LogP contribution in [0.2, 0.25) is 0 Å². The zero-order valence-corrected chi connectivity index (χ0v) is 29.1. The first-order valence-corrected chi connectivity index (χ1v) is 16.5. The van der Waals surface area contributed by atoms with E-state index in [4.69, 9.17) is 18.9 Å². The predicted octanol–water partition coefficient (Wildman–Crippen LogP) is 7.50. The first kappa shape index (κ1) is 39.1. The number of aldehydes is 4. The van der Waals surface area contributed by atoms with E-state index in [2.05, 4.69) is 0 Å². The molecule has 6 aromatic rings. The number of esters is 4. The molecule has 0 N–H and O–H groups in total. The van der Waals surface area contributed by atoms with Gasteiger partial charge in [-0.05, 0) is 72.8 Å². The molecule has 0 fully saturated rings. The van der Waals surface area contributed by atoms with Gasteiger partial charge in [-0.15, -0.1) is 0 Å². The van der Waals surface area contributed by atoms with Gasteiger partial charge in [0.15, 0.2) is 25.1 Å². The number of carbonyl (C=O) groups is 8. The minimum Gasteiger partial charge on any atom is -0.422 e. The van der Waals surface area contributed by atoms with Gasteiger partial charge in [0.25, 0.3) is 0 Å². The van der Waals surface area contributed by atoms with Crippen LogP contribution in [-0.2, 0) is 0 Å². The van der Waals surface area contributed by atoms with Crippen LogP contribution in [0.1, 0.15) is 82.9 Å². The molecule has 0 heterocycles. The summed E-state index contributed by atoms with van der Waals surface area (Å²) < 4.78 is 21.1. The average Bonchev–Trinajstić information content (AvgIpc) is 3.24. The van der Waals surface area contributed by atoms with E-state index < -0.39 is 23.9 Å². The molecule has 0 saturated carbocycles. The first-order chi connectivity index (χ1) is 27.3. The topological polar surface area (TPSA) is 173 Å². The maximum Gasteiger partial charge on any atom is 0.344 e. The number of benzene rings is 6. The normalized spacial score (nSPS) is 10.0. The van der Waals surface area contributed by atoms with E-state index in [0.29, 0.717) is 25.1 Å². The first-order valence-electron chi connectivity index (χ1n) is 16.5. The summed E-state index contributed by atoms with van der Waals surface area (Å²) in [6.07, 6.45) is 2.27. The molecule has 0 aliphatic carbocycles. The Morgan fingerprint density at radius 3 is 0.661 bits per heavy atom. The van der Waals surface area contributed by atoms with Gasteiger partial charge in [0.1, 0.15) is 23.0 Å². The van der Waals surface area contributed by atoms with Gasteiger partial charge in [-0.3, -0.25) is 19.2 Å². The zero-order chi connectivity index (χ0) is 39.9. The highest BCUT2D eigenvalue weighted by atomic mass is 16.6. The van der Waals surface area contributed by atoms with Crippen LogP contribution in [0.5, 0.6) is 23.0 Å². The lowest BCUT2D eigenvalue weighted by Gasteiger charge is -2.11. The smallest absolute Gasteiger partial charge is 0.344 e. The molecule has 0 spiro atoms. The molecule has 0 aliphatic rings. The van der Waals surface area contributed by atoms with Crippen molar-refractivity contribution in [1.29, 1.82) is 0 Å². The molecule has 12 nitrogen and oxygen atoms in total. The lowest BCUT2D eigenvalue weighted by molar-refractivity contribution is 0.0690. The van der Waals surface area contributed by atoms with Crippen molar-refractivity contribution in [2.75, 3.05) is 0 Å². The van der Waals surface area contributed by atoms with Gasteiger partial charge >= 0.3 is 23.9 Å². The Balaban J connectivity index is 0.000000214. The Morgan fingerprint density at radius 2 is 0.464 bits per heavy atom. The second-order valence-electron chi connectivity index (χ2n) is 11.3. The molecule has 0 amide bonds. The Bertz CT molecular complexity index is 2110.